The van der Waals surface area contributed by atoms with Gasteiger partial charge in [0.05, 0.1) is 24.2 Å². The van der Waals surface area contributed by atoms with Gasteiger partial charge in [0.25, 0.3) is 0 Å². The smallest absolute Gasteiger partial charge is 0.141 e. The maximum Gasteiger partial charge on any atom is 0.141 e. The Bertz CT molecular complexity index is 882. The van der Waals surface area contributed by atoms with Crippen LogP contribution in [0.15, 0.2) is 42.5 Å². The molecular formula is C21H24ClN3O. The standard InChI is InChI=1S/C21H24ClN3O/c1-16-3-5-17(6-4-16)21-23-19-8-7-18(22)15-20(19)25(21)10-2-9-24-11-13-26-14-12-24/h3-8,15H,2,9-14H2,1H3. The highest BCUT2D eigenvalue weighted by molar-refractivity contribution is 6.31. The molecule has 1 aliphatic rings. The summed E-state index contributed by atoms with van der Waals surface area (Å²) in [5.41, 5.74) is 4.51. The molecule has 0 atom stereocenters. The first-order valence-corrected chi connectivity index (χ1v) is 9.61. The number of rotatable bonds is 5. The Morgan fingerprint density at radius 3 is 2.58 bits per heavy atom. The van der Waals surface area contributed by atoms with Crippen molar-refractivity contribution >= 4 is 22.6 Å². The van der Waals surface area contributed by atoms with Crippen molar-refractivity contribution in [2.24, 2.45) is 0 Å². The van der Waals surface area contributed by atoms with Crippen molar-refractivity contribution < 1.29 is 4.74 Å². The van der Waals surface area contributed by atoms with Crippen LogP contribution in [0.3, 0.4) is 0 Å². The Labute approximate surface area is 159 Å². The molecule has 0 radical (unpaired) electrons. The van der Waals surface area contributed by atoms with Gasteiger partial charge in [0.15, 0.2) is 0 Å². The number of ether oxygens (including phenoxy) is 1. The highest BCUT2D eigenvalue weighted by atomic mass is 35.5. The summed E-state index contributed by atoms with van der Waals surface area (Å²) in [6.07, 6.45) is 1.08. The third kappa shape index (κ3) is 3.78. The SMILES string of the molecule is Cc1ccc(-c2nc3ccc(Cl)cc3n2CCCN2CCOCC2)cc1. The number of aryl methyl sites for hydroxylation is 2. The Hall–Kier alpha value is -1.88. The van der Waals surface area contributed by atoms with E-state index in [1.54, 1.807) is 0 Å². The van der Waals surface area contributed by atoms with Crippen molar-refractivity contribution in [3.05, 3.63) is 53.1 Å². The fourth-order valence-electron chi connectivity index (χ4n) is 3.52. The molecule has 5 heteroatoms. The number of fused-ring (bicyclic) bond motifs is 1. The van der Waals surface area contributed by atoms with E-state index < -0.39 is 0 Å². The highest BCUT2D eigenvalue weighted by Crippen LogP contribution is 2.27. The number of hydrogen-bond acceptors (Lipinski definition) is 3. The first kappa shape index (κ1) is 17.5. The van der Waals surface area contributed by atoms with Gasteiger partial charge in [-0.25, -0.2) is 4.98 Å². The summed E-state index contributed by atoms with van der Waals surface area (Å²) >= 11 is 6.26. The summed E-state index contributed by atoms with van der Waals surface area (Å²) < 4.78 is 7.75. The largest absolute Gasteiger partial charge is 0.379 e. The topological polar surface area (TPSA) is 30.3 Å². The summed E-state index contributed by atoms with van der Waals surface area (Å²) in [4.78, 5) is 7.36. The van der Waals surface area contributed by atoms with Crippen molar-refractivity contribution in [1.82, 2.24) is 14.5 Å². The zero-order valence-corrected chi connectivity index (χ0v) is 15.9. The first-order valence-electron chi connectivity index (χ1n) is 9.24. The van der Waals surface area contributed by atoms with Gasteiger partial charge in [0, 0.05) is 36.8 Å². The van der Waals surface area contributed by atoms with Crippen LogP contribution >= 0.6 is 11.6 Å². The van der Waals surface area contributed by atoms with Crippen molar-refractivity contribution in [3.63, 3.8) is 0 Å². The normalized spacial score (nSPS) is 15.6. The van der Waals surface area contributed by atoms with Crippen molar-refractivity contribution in [1.29, 1.82) is 0 Å². The Morgan fingerprint density at radius 1 is 1.04 bits per heavy atom. The van der Waals surface area contributed by atoms with E-state index in [-0.39, 0.29) is 0 Å². The van der Waals surface area contributed by atoms with E-state index in [2.05, 4.69) is 40.7 Å². The van der Waals surface area contributed by atoms with Crippen molar-refractivity contribution in [2.75, 3.05) is 32.8 Å². The van der Waals surface area contributed by atoms with Crippen LogP contribution in [0.4, 0.5) is 0 Å². The molecule has 2 heterocycles. The predicted octanol–water partition coefficient (Wildman–Crippen LogP) is 4.39. The van der Waals surface area contributed by atoms with E-state index in [1.807, 2.05) is 18.2 Å². The minimum absolute atomic E-state index is 0.752. The van der Waals surface area contributed by atoms with Crippen molar-refractivity contribution in [3.8, 4) is 11.4 Å². The summed E-state index contributed by atoms with van der Waals surface area (Å²) in [5, 5.41) is 0.752. The van der Waals surface area contributed by atoms with Crippen LogP contribution in [0.2, 0.25) is 5.02 Å². The lowest BCUT2D eigenvalue weighted by Crippen LogP contribution is -2.37. The molecule has 26 heavy (non-hydrogen) atoms. The quantitative estimate of drug-likeness (QED) is 0.668. The molecule has 1 aromatic heterocycles. The van der Waals surface area contributed by atoms with Gasteiger partial charge < -0.3 is 9.30 Å². The first-order chi connectivity index (χ1) is 12.7. The van der Waals surface area contributed by atoms with E-state index in [0.29, 0.717) is 0 Å². The molecule has 0 spiro atoms. The predicted molar refractivity (Wildman–Crippen MR) is 107 cm³/mol. The molecule has 0 N–H and O–H groups in total. The number of morpholine rings is 1. The molecular weight excluding hydrogens is 346 g/mol. The Balaban J connectivity index is 1.62. The van der Waals surface area contributed by atoms with E-state index in [0.717, 1.165) is 73.3 Å². The maximum atomic E-state index is 6.26. The van der Waals surface area contributed by atoms with Gasteiger partial charge in [-0.05, 0) is 31.5 Å². The summed E-state index contributed by atoms with van der Waals surface area (Å²) in [7, 11) is 0. The zero-order chi connectivity index (χ0) is 17.9. The van der Waals surface area contributed by atoms with Crippen LogP contribution in [0, 0.1) is 6.92 Å². The molecule has 4 nitrogen and oxygen atoms in total. The molecule has 0 aliphatic carbocycles. The lowest BCUT2D eigenvalue weighted by Gasteiger charge is -2.26. The highest BCUT2D eigenvalue weighted by Gasteiger charge is 2.14. The van der Waals surface area contributed by atoms with Crippen LogP contribution in [-0.4, -0.2) is 47.3 Å². The minimum Gasteiger partial charge on any atom is -0.379 e. The lowest BCUT2D eigenvalue weighted by atomic mass is 10.1. The molecule has 1 aliphatic heterocycles. The third-order valence-corrected chi connectivity index (χ3v) is 5.21. The molecule has 1 saturated heterocycles. The second-order valence-corrected chi connectivity index (χ2v) is 7.33. The van der Waals surface area contributed by atoms with Crippen LogP contribution in [-0.2, 0) is 11.3 Å². The van der Waals surface area contributed by atoms with Crippen LogP contribution in [0.25, 0.3) is 22.4 Å². The fraction of sp³-hybridized carbons (Fsp3) is 0.381. The number of aromatic nitrogens is 2. The van der Waals surface area contributed by atoms with Crippen LogP contribution in [0.5, 0.6) is 0 Å². The van der Waals surface area contributed by atoms with E-state index in [4.69, 9.17) is 21.3 Å². The lowest BCUT2D eigenvalue weighted by molar-refractivity contribution is 0.0370. The zero-order valence-electron chi connectivity index (χ0n) is 15.1. The summed E-state index contributed by atoms with van der Waals surface area (Å²) in [6, 6.07) is 14.5. The molecule has 136 valence electrons. The molecule has 1 fully saturated rings. The van der Waals surface area contributed by atoms with Crippen LogP contribution < -0.4 is 0 Å². The molecule has 4 rings (SSSR count). The molecule has 3 aromatic rings. The van der Waals surface area contributed by atoms with Gasteiger partial charge in [-0.15, -0.1) is 0 Å². The molecule has 0 saturated carbocycles. The number of halogens is 1. The van der Waals surface area contributed by atoms with Gasteiger partial charge in [0.2, 0.25) is 0 Å². The second-order valence-electron chi connectivity index (χ2n) is 6.89. The fourth-order valence-corrected chi connectivity index (χ4v) is 3.69. The number of nitrogens with zero attached hydrogens (tertiary/aromatic N) is 3. The second kappa shape index (κ2) is 7.78. The van der Waals surface area contributed by atoms with Gasteiger partial charge in [-0.1, -0.05) is 41.4 Å². The minimum atomic E-state index is 0.752. The number of hydrogen-bond donors (Lipinski definition) is 0. The monoisotopic (exact) mass is 369 g/mol. The average molecular weight is 370 g/mol. The van der Waals surface area contributed by atoms with Gasteiger partial charge in [-0.2, -0.15) is 0 Å². The molecule has 2 aromatic carbocycles. The molecule has 0 unspecified atom stereocenters. The number of benzene rings is 2. The van der Waals surface area contributed by atoms with E-state index >= 15 is 0 Å². The van der Waals surface area contributed by atoms with Crippen LogP contribution in [0.1, 0.15) is 12.0 Å². The van der Waals surface area contributed by atoms with Gasteiger partial charge in [0.1, 0.15) is 5.82 Å². The Kier molecular flexibility index (Phi) is 5.25. The Morgan fingerprint density at radius 2 is 1.81 bits per heavy atom. The van der Waals surface area contributed by atoms with Gasteiger partial charge >= 0.3 is 0 Å². The summed E-state index contributed by atoms with van der Waals surface area (Å²) in [6.45, 7) is 7.86. The maximum absolute atomic E-state index is 6.26. The third-order valence-electron chi connectivity index (χ3n) is 4.98. The average Bonchev–Trinajstić information content (AvgIpc) is 3.01. The van der Waals surface area contributed by atoms with E-state index in [1.165, 1.54) is 5.56 Å². The van der Waals surface area contributed by atoms with E-state index in [9.17, 15) is 0 Å². The number of imidazole rings is 1. The summed E-state index contributed by atoms with van der Waals surface area (Å²) in [5.74, 6) is 1.02. The molecule has 0 amide bonds. The van der Waals surface area contributed by atoms with Gasteiger partial charge in [-0.3, -0.25) is 4.90 Å². The van der Waals surface area contributed by atoms with Crippen molar-refractivity contribution in [2.45, 2.75) is 19.9 Å². The molecule has 0 bridgehead atoms.